The zero-order chi connectivity index (χ0) is 20.9. The van der Waals surface area contributed by atoms with Crippen molar-refractivity contribution < 1.29 is 27.9 Å². The van der Waals surface area contributed by atoms with Crippen molar-refractivity contribution in [3.05, 3.63) is 69.2 Å². The highest BCUT2D eigenvalue weighted by Gasteiger charge is 2.30. The number of nitrogens with one attached hydrogen (secondary N) is 1. The van der Waals surface area contributed by atoms with Crippen LogP contribution in [0.15, 0.2) is 42.5 Å². The van der Waals surface area contributed by atoms with E-state index in [-0.39, 0.29) is 24.8 Å². The van der Waals surface area contributed by atoms with Crippen LogP contribution in [0.5, 0.6) is 0 Å². The van der Waals surface area contributed by atoms with Crippen molar-refractivity contribution in [2.45, 2.75) is 31.5 Å². The molecule has 4 nitrogen and oxygen atoms in total. The summed E-state index contributed by atoms with van der Waals surface area (Å²) in [5, 5.41) is 12.3. The molecule has 2 N–H and O–H groups in total. The van der Waals surface area contributed by atoms with Crippen molar-refractivity contribution in [2.24, 2.45) is 0 Å². The summed E-state index contributed by atoms with van der Waals surface area (Å²) in [6.07, 6.45) is -4.99. The Kier molecular flexibility index (Phi) is 7.32. The minimum atomic E-state index is -4.51. The SMILES string of the molecule is O=C(O)C[C@H](Cc1ccc(Cl)c(Cl)c1)NC(=O)Cc1cccc(C(F)(F)F)c1. The average Bonchev–Trinajstić information content (AvgIpc) is 2.57. The number of carboxylic acid groups (broad SMARTS) is 1. The van der Waals surface area contributed by atoms with Crippen molar-refractivity contribution in [1.82, 2.24) is 5.32 Å². The highest BCUT2D eigenvalue weighted by atomic mass is 35.5. The number of carbonyl (C=O) groups is 2. The molecule has 2 aromatic rings. The van der Waals surface area contributed by atoms with E-state index < -0.39 is 29.7 Å². The predicted octanol–water partition coefficient (Wildman–Crippen LogP) is 4.76. The second-order valence-electron chi connectivity index (χ2n) is 6.19. The number of benzene rings is 2. The lowest BCUT2D eigenvalue weighted by molar-refractivity contribution is -0.138. The first-order valence-corrected chi connectivity index (χ1v) is 8.91. The molecule has 9 heteroatoms. The number of amides is 1. The van der Waals surface area contributed by atoms with Crippen LogP contribution in [0.3, 0.4) is 0 Å². The Balaban J connectivity index is 2.08. The van der Waals surface area contributed by atoms with Gasteiger partial charge in [-0.05, 0) is 35.7 Å². The molecule has 28 heavy (non-hydrogen) atoms. The van der Waals surface area contributed by atoms with Gasteiger partial charge in [0.05, 0.1) is 28.5 Å². The third-order valence-electron chi connectivity index (χ3n) is 3.87. The molecule has 1 amide bonds. The molecule has 0 aliphatic rings. The first-order chi connectivity index (χ1) is 13.0. The largest absolute Gasteiger partial charge is 0.481 e. The lowest BCUT2D eigenvalue weighted by atomic mass is 10.0. The molecule has 0 saturated heterocycles. The van der Waals surface area contributed by atoms with Crippen LogP contribution in [0, 0.1) is 0 Å². The number of halogens is 5. The van der Waals surface area contributed by atoms with Gasteiger partial charge < -0.3 is 10.4 Å². The topological polar surface area (TPSA) is 66.4 Å². The smallest absolute Gasteiger partial charge is 0.416 e. The number of rotatable bonds is 7. The lowest BCUT2D eigenvalue weighted by Gasteiger charge is -2.18. The fourth-order valence-electron chi connectivity index (χ4n) is 2.66. The quantitative estimate of drug-likeness (QED) is 0.661. The normalized spacial score (nSPS) is 12.5. The number of aliphatic carboxylic acids is 1. The van der Waals surface area contributed by atoms with Crippen LogP contribution in [0.1, 0.15) is 23.1 Å². The van der Waals surface area contributed by atoms with Gasteiger partial charge in [0.25, 0.3) is 0 Å². The van der Waals surface area contributed by atoms with Crippen molar-refractivity contribution in [1.29, 1.82) is 0 Å². The molecule has 0 heterocycles. The fourth-order valence-corrected chi connectivity index (χ4v) is 2.98. The van der Waals surface area contributed by atoms with Gasteiger partial charge in [0, 0.05) is 6.04 Å². The minimum absolute atomic E-state index is 0.177. The summed E-state index contributed by atoms with van der Waals surface area (Å²) in [4.78, 5) is 23.3. The van der Waals surface area contributed by atoms with E-state index in [4.69, 9.17) is 28.3 Å². The Morgan fingerprint density at radius 1 is 1.04 bits per heavy atom. The summed E-state index contributed by atoms with van der Waals surface area (Å²) in [6.45, 7) is 0. The molecule has 2 rings (SSSR count). The molecule has 2 aromatic carbocycles. The van der Waals surface area contributed by atoms with E-state index in [9.17, 15) is 22.8 Å². The number of carboxylic acids is 1. The van der Waals surface area contributed by atoms with Gasteiger partial charge >= 0.3 is 12.1 Å². The summed E-state index contributed by atoms with van der Waals surface area (Å²) in [5.41, 5.74) is -0.00773. The maximum atomic E-state index is 12.8. The molecular weight excluding hydrogens is 418 g/mol. The van der Waals surface area contributed by atoms with E-state index in [1.165, 1.54) is 12.1 Å². The molecule has 0 unspecified atom stereocenters. The first kappa shape index (κ1) is 22.0. The van der Waals surface area contributed by atoms with Crippen LogP contribution >= 0.6 is 23.2 Å². The van der Waals surface area contributed by atoms with Crippen LogP contribution in [0.25, 0.3) is 0 Å². The van der Waals surface area contributed by atoms with E-state index in [1.54, 1.807) is 18.2 Å². The number of hydrogen-bond donors (Lipinski definition) is 2. The predicted molar refractivity (Wildman–Crippen MR) is 99.5 cm³/mol. The standard InChI is InChI=1S/C19H16Cl2F3NO3/c20-15-5-4-12(8-16(15)21)7-14(10-18(27)28)25-17(26)9-11-2-1-3-13(6-11)19(22,23)24/h1-6,8,14H,7,9-10H2,(H,25,26)(H,27,28)/t14-/m0/s1. The molecule has 0 bridgehead atoms. The van der Waals surface area contributed by atoms with E-state index in [2.05, 4.69) is 5.32 Å². The van der Waals surface area contributed by atoms with Gasteiger partial charge in [0.1, 0.15) is 0 Å². The van der Waals surface area contributed by atoms with Crippen LogP contribution in [0.4, 0.5) is 13.2 Å². The zero-order valence-corrected chi connectivity index (χ0v) is 15.9. The van der Waals surface area contributed by atoms with E-state index in [0.29, 0.717) is 15.6 Å². The van der Waals surface area contributed by atoms with Crippen molar-refractivity contribution >= 4 is 35.1 Å². The molecule has 0 aromatic heterocycles. The van der Waals surface area contributed by atoms with Gasteiger partial charge in [-0.25, -0.2) is 0 Å². The number of carbonyl (C=O) groups excluding carboxylic acids is 1. The van der Waals surface area contributed by atoms with E-state index in [0.717, 1.165) is 12.1 Å². The minimum Gasteiger partial charge on any atom is -0.481 e. The highest BCUT2D eigenvalue weighted by Crippen LogP contribution is 2.29. The Hall–Kier alpha value is -2.25. The van der Waals surface area contributed by atoms with Gasteiger partial charge in [-0.3, -0.25) is 9.59 Å². The molecule has 0 saturated carbocycles. The monoisotopic (exact) mass is 433 g/mol. The first-order valence-electron chi connectivity index (χ1n) is 8.16. The number of hydrogen-bond acceptors (Lipinski definition) is 2. The highest BCUT2D eigenvalue weighted by molar-refractivity contribution is 6.42. The van der Waals surface area contributed by atoms with Gasteiger partial charge in [0.2, 0.25) is 5.91 Å². The zero-order valence-electron chi connectivity index (χ0n) is 14.4. The Labute approximate surface area is 169 Å². The summed E-state index contributed by atoms with van der Waals surface area (Å²) >= 11 is 11.8. The maximum absolute atomic E-state index is 12.8. The summed E-state index contributed by atoms with van der Waals surface area (Å²) < 4.78 is 38.3. The van der Waals surface area contributed by atoms with Crippen LogP contribution in [-0.2, 0) is 28.6 Å². The van der Waals surface area contributed by atoms with Crippen molar-refractivity contribution in [3.8, 4) is 0 Å². The maximum Gasteiger partial charge on any atom is 0.416 e. The molecule has 1 atom stereocenters. The van der Waals surface area contributed by atoms with Crippen LogP contribution in [-0.4, -0.2) is 23.0 Å². The second-order valence-corrected chi connectivity index (χ2v) is 7.00. The molecular formula is C19H16Cl2F3NO3. The molecule has 0 aliphatic heterocycles. The Morgan fingerprint density at radius 3 is 2.36 bits per heavy atom. The van der Waals surface area contributed by atoms with Crippen molar-refractivity contribution in [3.63, 3.8) is 0 Å². The third-order valence-corrected chi connectivity index (χ3v) is 4.61. The fraction of sp³-hybridized carbons (Fsp3) is 0.263. The van der Waals surface area contributed by atoms with Gasteiger partial charge in [-0.15, -0.1) is 0 Å². The van der Waals surface area contributed by atoms with Crippen LogP contribution in [0.2, 0.25) is 10.0 Å². The van der Waals surface area contributed by atoms with Crippen LogP contribution < -0.4 is 5.32 Å². The molecule has 0 spiro atoms. The molecule has 150 valence electrons. The Morgan fingerprint density at radius 2 is 1.75 bits per heavy atom. The molecule has 0 radical (unpaired) electrons. The lowest BCUT2D eigenvalue weighted by Crippen LogP contribution is -2.39. The Bertz CT molecular complexity index is 872. The van der Waals surface area contributed by atoms with Gasteiger partial charge in [-0.1, -0.05) is 47.5 Å². The third kappa shape index (κ3) is 6.73. The summed E-state index contributed by atoms with van der Waals surface area (Å²) in [5.74, 6) is -1.70. The van der Waals surface area contributed by atoms with E-state index in [1.807, 2.05) is 0 Å². The van der Waals surface area contributed by atoms with Gasteiger partial charge in [0.15, 0.2) is 0 Å². The number of alkyl halides is 3. The summed E-state index contributed by atoms with van der Waals surface area (Å²) in [6, 6.07) is 8.45. The summed E-state index contributed by atoms with van der Waals surface area (Å²) in [7, 11) is 0. The average molecular weight is 434 g/mol. The van der Waals surface area contributed by atoms with E-state index >= 15 is 0 Å². The van der Waals surface area contributed by atoms with Crippen molar-refractivity contribution in [2.75, 3.05) is 0 Å². The second kappa shape index (κ2) is 9.30. The molecule has 0 aliphatic carbocycles. The van der Waals surface area contributed by atoms with Gasteiger partial charge in [-0.2, -0.15) is 13.2 Å². The molecule has 0 fully saturated rings.